The van der Waals surface area contributed by atoms with E-state index >= 15 is 0 Å². The molecule has 16 heavy (non-hydrogen) atoms. The van der Waals surface area contributed by atoms with Crippen molar-refractivity contribution in [3.05, 3.63) is 39.9 Å². The molecule has 1 aromatic carbocycles. The van der Waals surface area contributed by atoms with E-state index in [1.54, 1.807) is 7.11 Å². The third-order valence-electron chi connectivity index (χ3n) is 1.78. The highest BCUT2D eigenvalue weighted by molar-refractivity contribution is 5.27. The number of methoxy groups -OCH3 is 1. The summed E-state index contributed by atoms with van der Waals surface area (Å²) in [6.07, 6.45) is 1.76. The van der Waals surface area contributed by atoms with E-state index in [1.807, 2.05) is 24.3 Å². The van der Waals surface area contributed by atoms with Crippen molar-refractivity contribution in [2.24, 2.45) is 0 Å². The maximum Gasteiger partial charge on any atom is 0.291 e. The van der Waals surface area contributed by atoms with Gasteiger partial charge in [-0.25, -0.2) is 0 Å². The molecule has 0 aromatic heterocycles. The van der Waals surface area contributed by atoms with Crippen LogP contribution in [0.15, 0.2) is 24.3 Å². The van der Waals surface area contributed by atoms with Gasteiger partial charge in [-0.2, -0.15) is 0 Å². The molecule has 0 atom stereocenters. The molecule has 0 aliphatic heterocycles. The summed E-state index contributed by atoms with van der Waals surface area (Å²) in [6, 6.07) is 7.92. The van der Waals surface area contributed by atoms with E-state index in [2.05, 4.69) is 0 Å². The van der Waals surface area contributed by atoms with Gasteiger partial charge in [0.15, 0.2) is 0 Å². The second kappa shape index (κ2) is 8.49. The van der Waals surface area contributed by atoms with Gasteiger partial charge in [0.05, 0.1) is 7.11 Å². The van der Waals surface area contributed by atoms with Crippen molar-refractivity contribution in [2.75, 3.05) is 13.7 Å². The lowest BCUT2D eigenvalue weighted by Gasteiger charge is -2.01. The fraction of sp³-hybridized carbons (Fsp3) is 0.400. The molecule has 0 spiro atoms. The predicted octanol–water partition coefficient (Wildman–Crippen LogP) is 1.27. The zero-order valence-electron chi connectivity index (χ0n) is 9.00. The topological polar surface area (TPSA) is 92.8 Å². The first-order valence-corrected chi connectivity index (χ1v) is 4.67. The van der Waals surface area contributed by atoms with Crippen LogP contribution in [-0.4, -0.2) is 29.1 Å². The highest BCUT2D eigenvalue weighted by Crippen LogP contribution is 2.12. The van der Waals surface area contributed by atoms with Gasteiger partial charge < -0.3 is 15.1 Å². The average Bonchev–Trinajstić information content (AvgIpc) is 2.26. The van der Waals surface area contributed by atoms with Gasteiger partial charge in [0.2, 0.25) is 0 Å². The van der Waals surface area contributed by atoms with Crippen molar-refractivity contribution in [3.8, 4) is 5.75 Å². The molecule has 0 aliphatic carbocycles. The van der Waals surface area contributed by atoms with Crippen molar-refractivity contribution in [1.82, 2.24) is 0 Å². The Kier molecular flexibility index (Phi) is 7.52. The molecule has 1 aromatic rings. The summed E-state index contributed by atoms with van der Waals surface area (Å²) in [5.74, 6) is 0.878. The maximum absolute atomic E-state index is 8.60. The number of benzene rings is 1. The number of aliphatic hydroxyl groups is 1. The summed E-state index contributed by atoms with van der Waals surface area (Å²) in [5, 5.41) is 22.2. The Hall–Kier alpha value is -1.82. The summed E-state index contributed by atoms with van der Waals surface area (Å²) < 4.78 is 5.02. The largest absolute Gasteiger partial charge is 0.497 e. The van der Waals surface area contributed by atoms with Crippen molar-refractivity contribution < 1.29 is 20.1 Å². The van der Waals surface area contributed by atoms with E-state index < -0.39 is 5.09 Å². The number of hydrogen-bond donors (Lipinski definition) is 2. The highest BCUT2D eigenvalue weighted by atomic mass is 16.9. The molecule has 0 saturated heterocycles. The Balaban J connectivity index is 0.000000487. The Morgan fingerprint density at radius 2 is 1.88 bits per heavy atom. The summed E-state index contributed by atoms with van der Waals surface area (Å²) in [5.41, 5.74) is 1.24. The van der Waals surface area contributed by atoms with Gasteiger partial charge in [0, 0.05) is 6.61 Å². The van der Waals surface area contributed by atoms with Crippen LogP contribution in [0.5, 0.6) is 5.75 Å². The molecule has 0 saturated carbocycles. The molecule has 0 amide bonds. The maximum atomic E-state index is 8.60. The van der Waals surface area contributed by atoms with E-state index in [0.29, 0.717) is 0 Å². The average molecular weight is 229 g/mol. The number of aryl methyl sites for hydroxylation is 1. The number of hydrogen-bond acceptors (Lipinski definition) is 4. The Morgan fingerprint density at radius 1 is 1.38 bits per heavy atom. The fourth-order valence-corrected chi connectivity index (χ4v) is 1.08. The fourth-order valence-electron chi connectivity index (χ4n) is 1.08. The molecule has 2 N–H and O–H groups in total. The van der Waals surface area contributed by atoms with E-state index in [9.17, 15) is 0 Å². The zero-order valence-corrected chi connectivity index (χ0v) is 9.00. The van der Waals surface area contributed by atoms with Gasteiger partial charge in [-0.3, -0.25) is 0 Å². The first-order chi connectivity index (χ1) is 7.60. The van der Waals surface area contributed by atoms with E-state index in [-0.39, 0.29) is 6.61 Å². The standard InChI is InChI=1S/C10H14O2.HNO3/c1-12-10-6-4-9(5-7-10)3-2-8-11;2-1(3)4/h4-7,11H,2-3,8H2,1H3;(H,2,3,4). The zero-order chi connectivity index (χ0) is 12.4. The molecular formula is C10H15NO5. The van der Waals surface area contributed by atoms with Gasteiger partial charge in [0.1, 0.15) is 5.75 Å². The molecule has 0 fully saturated rings. The molecular weight excluding hydrogens is 214 g/mol. The Morgan fingerprint density at radius 3 is 2.25 bits per heavy atom. The molecule has 1 rings (SSSR count). The van der Waals surface area contributed by atoms with Crippen molar-refractivity contribution in [1.29, 1.82) is 0 Å². The SMILES string of the molecule is COc1ccc(CCCO)cc1.O=[N+]([O-])O. The quantitative estimate of drug-likeness (QED) is 0.599. The van der Waals surface area contributed by atoms with Crippen LogP contribution in [0.4, 0.5) is 0 Å². The highest BCUT2D eigenvalue weighted by Gasteiger charge is 1.93. The van der Waals surface area contributed by atoms with Crippen LogP contribution in [0, 0.1) is 10.1 Å². The summed E-state index contributed by atoms with van der Waals surface area (Å²) in [7, 11) is 1.66. The van der Waals surface area contributed by atoms with Crippen molar-refractivity contribution in [3.63, 3.8) is 0 Å². The molecule has 0 radical (unpaired) electrons. The van der Waals surface area contributed by atoms with Crippen LogP contribution in [0.3, 0.4) is 0 Å². The molecule has 0 heterocycles. The van der Waals surface area contributed by atoms with Gasteiger partial charge in [-0.15, -0.1) is 10.1 Å². The van der Waals surface area contributed by atoms with Crippen molar-refractivity contribution in [2.45, 2.75) is 12.8 Å². The van der Waals surface area contributed by atoms with Crippen LogP contribution in [0.1, 0.15) is 12.0 Å². The second-order valence-corrected chi connectivity index (χ2v) is 2.91. The minimum Gasteiger partial charge on any atom is -0.497 e. The molecule has 0 unspecified atom stereocenters. The van der Waals surface area contributed by atoms with Gasteiger partial charge in [0.25, 0.3) is 5.09 Å². The molecule has 0 bridgehead atoms. The normalized spacial score (nSPS) is 8.88. The minimum atomic E-state index is -1.50. The lowest BCUT2D eigenvalue weighted by Crippen LogP contribution is -1.89. The molecule has 90 valence electrons. The third kappa shape index (κ3) is 7.57. The van der Waals surface area contributed by atoms with Gasteiger partial charge >= 0.3 is 0 Å². The molecule has 0 aliphatic rings. The van der Waals surface area contributed by atoms with Crippen LogP contribution >= 0.6 is 0 Å². The Labute approximate surface area is 93.2 Å². The van der Waals surface area contributed by atoms with Crippen molar-refractivity contribution >= 4 is 0 Å². The van der Waals surface area contributed by atoms with Crippen LogP contribution < -0.4 is 4.74 Å². The van der Waals surface area contributed by atoms with E-state index in [1.165, 1.54) is 5.56 Å². The summed E-state index contributed by atoms with van der Waals surface area (Å²) in [6.45, 7) is 0.256. The minimum absolute atomic E-state index is 0.256. The van der Waals surface area contributed by atoms with Crippen LogP contribution in [0.2, 0.25) is 0 Å². The second-order valence-electron chi connectivity index (χ2n) is 2.91. The lowest BCUT2D eigenvalue weighted by atomic mass is 10.1. The first-order valence-electron chi connectivity index (χ1n) is 4.67. The van der Waals surface area contributed by atoms with Crippen LogP contribution in [-0.2, 0) is 6.42 Å². The molecule has 6 heteroatoms. The smallest absolute Gasteiger partial charge is 0.291 e. The lowest BCUT2D eigenvalue weighted by molar-refractivity contribution is -0.742. The van der Waals surface area contributed by atoms with Crippen LogP contribution in [0.25, 0.3) is 0 Å². The van der Waals surface area contributed by atoms with E-state index in [0.717, 1.165) is 18.6 Å². The first kappa shape index (κ1) is 14.2. The van der Waals surface area contributed by atoms with E-state index in [4.69, 9.17) is 25.2 Å². The number of aliphatic hydroxyl groups excluding tert-OH is 1. The number of rotatable bonds is 4. The number of nitrogens with zero attached hydrogens (tertiary/aromatic N) is 1. The monoisotopic (exact) mass is 229 g/mol. The summed E-state index contributed by atoms with van der Waals surface area (Å²) in [4.78, 5) is 8.36. The Bertz CT molecular complexity index is 295. The molecule has 6 nitrogen and oxygen atoms in total. The third-order valence-corrected chi connectivity index (χ3v) is 1.78. The predicted molar refractivity (Wildman–Crippen MR) is 57.2 cm³/mol. The van der Waals surface area contributed by atoms with Gasteiger partial charge in [-0.05, 0) is 30.5 Å². The number of ether oxygens (including phenoxy) is 1. The summed E-state index contributed by atoms with van der Waals surface area (Å²) >= 11 is 0. The van der Waals surface area contributed by atoms with Gasteiger partial charge in [-0.1, -0.05) is 12.1 Å².